The summed E-state index contributed by atoms with van der Waals surface area (Å²) >= 11 is 0. The molecule has 1 aromatic heterocycles. The summed E-state index contributed by atoms with van der Waals surface area (Å²) in [5, 5.41) is 1.29. The van der Waals surface area contributed by atoms with E-state index in [0.717, 1.165) is 16.5 Å². The van der Waals surface area contributed by atoms with Gasteiger partial charge in [-0.25, -0.2) is 4.39 Å². The normalized spacial score (nSPS) is 20.2. The average Bonchev–Trinajstić information content (AvgIpc) is 2.58. The molecule has 2 aromatic rings. The van der Waals surface area contributed by atoms with Crippen LogP contribution >= 0.6 is 0 Å². The number of hydrogen-bond donors (Lipinski definition) is 0. The van der Waals surface area contributed by atoms with Gasteiger partial charge in [-0.1, -0.05) is 6.07 Å². The van der Waals surface area contributed by atoms with Crippen molar-refractivity contribution in [1.82, 2.24) is 4.98 Å². The van der Waals surface area contributed by atoms with Gasteiger partial charge in [0.15, 0.2) is 0 Å². The molecule has 3 rings (SSSR count). The monoisotopic (exact) mass is 287 g/mol. The van der Waals surface area contributed by atoms with Crippen LogP contribution in [0.3, 0.4) is 0 Å². The van der Waals surface area contributed by atoms with E-state index in [1.807, 2.05) is 40.7 Å². The summed E-state index contributed by atoms with van der Waals surface area (Å²) in [6.45, 7) is 9.91. The second-order valence-corrected chi connectivity index (χ2v) is 6.60. The van der Waals surface area contributed by atoms with Crippen LogP contribution < -0.4 is 5.46 Å². The van der Waals surface area contributed by atoms with Gasteiger partial charge in [0.25, 0.3) is 0 Å². The Hall–Kier alpha value is -1.46. The molecule has 0 N–H and O–H groups in total. The zero-order valence-corrected chi connectivity index (χ0v) is 13.0. The molecule has 0 atom stereocenters. The van der Waals surface area contributed by atoms with Crippen LogP contribution in [0.1, 0.15) is 33.4 Å². The molecule has 1 aliphatic heterocycles. The maximum absolute atomic E-state index is 14.0. The van der Waals surface area contributed by atoms with Crippen LogP contribution in [0.5, 0.6) is 0 Å². The largest absolute Gasteiger partial charge is 0.495 e. The van der Waals surface area contributed by atoms with Crippen molar-refractivity contribution in [2.24, 2.45) is 0 Å². The third-order valence-corrected chi connectivity index (χ3v) is 4.53. The molecule has 2 heterocycles. The lowest BCUT2D eigenvalue weighted by Crippen LogP contribution is -2.41. The van der Waals surface area contributed by atoms with E-state index in [9.17, 15) is 4.39 Å². The van der Waals surface area contributed by atoms with Crippen molar-refractivity contribution in [2.45, 2.75) is 45.8 Å². The summed E-state index contributed by atoms with van der Waals surface area (Å²) in [4.78, 5) is 4.17. The highest BCUT2D eigenvalue weighted by molar-refractivity contribution is 6.65. The molecule has 0 radical (unpaired) electrons. The fourth-order valence-corrected chi connectivity index (χ4v) is 2.51. The van der Waals surface area contributed by atoms with E-state index in [4.69, 9.17) is 9.31 Å². The van der Waals surface area contributed by atoms with Gasteiger partial charge in [0.2, 0.25) is 0 Å². The second-order valence-electron chi connectivity index (χ2n) is 6.60. The number of benzene rings is 1. The molecule has 0 bridgehead atoms. The van der Waals surface area contributed by atoms with Gasteiger partial charge in [-0.05, 0) is 57.6 Å². The smallest absolute Gasteiger partial charge is 0.399 e. The van der Waals surface area contributed by atoms with Crippen LogP contribution in [0.15, 0.2) is 24.4 Å². The van der Waals surface area contributed by atoms with Gasteiger partial charge in [-0.3, -0.25) is 4.98 Å². The summed E-state index contributed by atoms with van der Waals surface area (Å²) in [6, 6.07) is 5.05. The summed E-state index contributed by atoms with van der Waals surface area (Å²) in [6.07, 6.45) is 1.56. The van der Waals surface area contributed by atoms with Crippen molar-refractivity contribution >= 4 is 23.4 Å². The molecule has 1 aliphatic rings. The summed E-state index contributed by atoms with van der Waals surface area (Å²) < 4.78 is 26.1. The third kappa shape index (κ3) is 2.25. The Balaban J connectivity index is 2.14. The molecule has 1 saturated heterocycles. The molecule has 0 saturated carbocycles. The highest BCUT2D eigenvalue weighted by atomic mass is 19.1. The van der Waals surface area contributed by atoms with Gasteiger partial charge in [-0.2, -0.15) is 0 Å². The first-order chi connectivity index (χ1) is 9.71. The molecular weight excluding hydrogens is 268 g/mol. The number of halogens is 1. The van der Waals surface area contributed by atoms with Crippen LogP contribution in [0.25, 0.3) is 10.8 Å². The van der Waals surface area contributed by atoms with Crippen molar-refractivity contribution < 1.29 is 13.7 Å². The van der Waals surface area contributed by atoms with Gasteiger partial charge in [0, 0.05) is 17.3 Å². The van der Waals surface area contributed by atoms with Gasteiger partial charge in [0.1, 0.15) is 5.82 Å². The quantitative estimate of drug-likeness (QED) is 0.756. The van der Waals surface area contributed by atoms with Crippen LogP contribution in [0.2, 0.25) is 0 Å². The number of hydrogen-bond acceptors (Lipinski definition) is 3. The molecule has 5 heteroatoms. The van der Waals surface area contributed by atoms with E-state index in [2.05, 4.69) is 4.98 Å². The van der Waals surface area contributed by atoms with Gasteiger partial charge < -0.3 is 9.31 Å². The van der Waals surface area contributed by atoms with Crippen molar-refractivity contribution in [2.75, 3.05) is 0 Å². The summed E-state index contributed by atoms with van der Waals surface area (Å²) in [7, 11) is -0.500. The van der Waals surface area contributed by atoms with E-state index in [1.165, 1.54) is 6.07 Å². The van der Waals surface area contributed by atoms with Crippen molar-refractivity contribution in [3.05, 3.63) is 35.9 Å². The zero-order chi connectivity index (χ0) is 15.4. The van der Waals surface area contributed by atoms with Crippen molar-refractivity contribution in [3.8, 4) is 0 Å². The van der Waals surface area contributed by atoms with Crippen LogP contribution in [0, 0.1) is 12.7 Å². The van der Waals surface area contributed by atoms with Crippen molar-refractivity contribution in [3.63, 3.8) is 0 Å². The Morgan fingerprint density at radius 1 is 1.05 bits per heavy atom. The minimum atomic E-state index is -0.500. The minimum absolute atomic E-state index is 0.280. The molecule has 21 heavy (non-hydrogen) atoms. The topological polar surface area (TPSA) is 31.4 Å². The highest BCUT2D eigenvalue weighted by Gasteiger charge is 2.52. The van der Waals surface area contributed by atoms with Crippen LogP contribution in [0.4, 0.5) is 4.39 Å². The number of aryl methyl sites for hydroxylation is 1. The molecule has 3 nitrogen and oxygen atoms in total. The average molecular weight is 287 g/mol. The van der Waals surface area contributed by atoms with Gasteiger partial charge in [-0.15, -0.1) is 0 Å². The SMILES string of the molecule is Cc1cc2c(B3OC(C)(C)C(C)(C)O3)ccc(F)c2cn1. The number of pyridine rings is 1. The highest BCUT2D eigenvalue weighted by Crippen LogP contribution is 2.37. The van der Waals surface area contributed by atoms with Crippen LogP contribution in [-0.2, 0) is 9.31 Å². The minimum Gasteiger partial charge on any atom is -0.399 e. The summed E-state index contributed by atoms with van der Waals surface area (Å²) in [5.74, 6) is -0.280. The number of fused-ring (bicyclic) bond motifs is 1. The predicted octanol–water partition coefficient (Wildman–Crippen LogP) is 2.98. The van der Waals surface area contributed by atoms with E-state index >= 15 is 0 Å². The van der Waals surface area contributed by atoms with Gasteiger partial charge in [0.05, 0.1) is 11.2 Å². The predicted molar refractivity (Wildman–Crippen MR) is 82.2 cm³/mol. The number of aromatic nitrogens is 1. The molecule has 110 valence electrons. The fraction of sp³-hybridized carbons (Fsp3) is 0.438. The Bertz CT molecular complexity index is 699. The molecule has 0 amide bonds. The van der Waals surface area contributed by atoms with E-state index < -0.39 is 18.3 Å². The molecule has 1 fully saturated rings. The van der Waals surface area contributed by atoms with E-state index in [1.54, 1.807) is 12.3 Å². The molecule has 0 unspecified atom stereocenters. The lowest BCUT2D eigenvalue weighted by molar-refractivity contribution is 0.00578. The Kier molecular flexibility index (Phi) is 3.12. The molecule has 0 aliphatic carbocycles. The third-order valence-electron chi connectivity index (χ3n) is 4.53. The van der Waals surface area contributed by atoms with E-state index in [-0.39, 0.29) is 5.82 Å². The maximum Gasteiger partial charge on any atom is 0.495 e. The Labute approximate surface area is 124 Å². The first-order valence-electron chi connectivity index (χ1n) is 7.12. The van der Waals surface area contributed by atoms with E-state index in [0.29, 0.717) is 5.39 Å². The first-order valence-corrected chi connectivity index (χ1v) is 7.12. The first kappa shape index (κ1) is 14.5. The number of rotatable bonds is 1. The number of nitrogens with zero attached hydrogens (tertiary/aromatic N) is 1. The summed E-state index contributed by atoms with van der Waals surface area (Å²) in [5.41, 5.74) is 0.849. The van der Waals surface area contributed by atoms with Gasteiger partial charge >= 0.3 is 7.12 Å². The second kappa shape index (κ2) is 4.52. The van der Waals surface area contributed by atoms with Crippen LogP contribution in [-0.4, -0.2) is 23.3 Å². The molecule has 0 spiro atoms. The Morgan fingerprint density at radius 2 is 1.67 bits per heavy atom. The standard InChI is InChI=1S/C16H19BFNO2/c1-10-8-11-12(9-19-10)14(18)7-6-13(11)17-20-15(2,3)16(4,5)21-17/h6-9H,1-5H3. The van der Waals surface area contributed by atoms with Crippen molar-refractivity contribution in [1.29, 1.82) is 0 Å². The fourth-order valence-electron chi connectivity index (χ4n) is 2.51. The molecule has 1 aromatic carbocycles. The maximum atomic E-state index is 14.0. The lowest BCUT2D eigenvalue weighted by Gasteiger charge is -2.32. The lowest BCUT2D eigenvalue weighted by atomic mass is 9.76. The Morgan fingerprint density at radius 3 is 2.29 bits per heavy atom. The molecular formula is C16H19BFNO2. The zero-order valence-electron chi connectivity index (χ0n) is 13.0.